The maximum absolute atomic E-state index is 12.7. The summed E-state index contributed by atoms with van der Waals surface area (Å²) in [5.74, 6) is -1.08. The third-order valence-corrected chi connectivity index (χ3v) is 5.83. The quantitative estimate of drug-likeness (QED) is 0.0842. The van der Waals surface area contributed by atoms with E-state index in [0.29, 0.717) is 16.8 Å². The second kappa shape index (κ2) is 13.5. The summed E-state index contributed by atoms with van der Waals surface area (Å²) in [7, 11) is 0. The number of benzene rings is 4. The predicted molar refractivity (Wildman–Crippen MR) is 156 cm³/mol. The number of anilines is 1. The van der Waals surface area contributed by atoms with Gasteiger partial charge in [-0.2, -0.15) is 5.10 Å². The number of hydrazone groups is 1. The molecule has 212 valence electrons. The van der Waals surface area contributed by atoms with Crippen LogP contribution >= 0.6 is 0 Å². The Morgan fingerprint density at radius 2 is 1.57 bits per heavy atom. The van der Waals surface area contributed by atoms with Gasteiger partial charge in [-0.3, -0.25) is 19.7 Å². The summed E-state index contributed by atoms with van der Waals surface area (Å²) >= 11 is 0. The van der Waals surface area contributed by atoms with Crippen LogP contribution in [0.15, 0.2) is 96.1 Å². The van der Waals surface area contributed by atoms with Crippen LogP contribution in [0, 0.1) is 17.0 Å². The van der Waals surface area contributed by atoms with Crippen LogP contribution < -0.4 is 20.2 Å². The predicted octanol–water partition coefficient (Wildman–Crippen LogP) is 5.54. The van der Waals surface area contributed by atoms with Crippen LogP contribution in [0.1, 0.15) is 49.1 Å². The Morgan fingerprint density at radius 3 is 2.26 bits per heavy atom. The average molecular weight is 567 g/mol. The molecule has 2 N–H and O–H groups in total. The molecule has 2 amide bonds. The zero-order chi connectivity index (χ0) is 30.1. The lowest BCUT2D eigenvalue weighted by atomic mass is 10.1. The molecule has 4 aromatic rings. The second-order valence-electron chi connectivity index (χ2n) is 8.94. The van der Waals surface area contributed by atoms with Crippen molar-refractivity contribution >= 4 is 35.4 Å². The van der Waals surface area contributed by atoms with E-state index in [0.717, 1.165) is 5.56 Å². The van der Waals surface area contributed by atoms with Gasteiger partial charge in [0, 0.05) is 28.9 Å². The molecule has 0 unspecified atom stereocenters. The van der Waals surface area contributed by atoms with Crippen molar-refractivity contribution in [2.24, 2.45) is 5.10 Å². The summed E-state index contributed by atoms with van der Waals surface area (Å²) in [6.07, 6.45) is 1.39. The fourth-order valence-electron chi connectivity index (χ4n) is 3.79. The fraction of sp³-hybridized carbons (Fsp3) is 0.0968. The van der Waals surface area contributed by atoms with E-state index in [4.69, 9.17) is 9.47 Å². The molecule has 11 nitrogen and oxygen atoms in total. The number of nitro benzene ring substituents is 1. The molecule has 0 saturated heterocycles. The van der Waals surface area contributed by atoms with Crippen molar-refractivity contribution in [3.8, 4) is 11.5 Å². The number of hydrogen-bond donors (Lipinski definition) is 2. The van der Waals surface area contributed by atoms with Gasteiger partial charge in [0.05, 0.1) is 23.3 Å². The van der Waals surface area contributed by atoms with E-state index in [-0.39, 0.29) is 40.8 Å². The number of nitrogens with zero attached hydrogens (tertiary/aromatic N) is 2. The van der Waals surface area contributed by atoms with Crippen LogP contribution in [-0.2, 0) is 0 Å². The number of carbonyl (C=O) groups excluding carboxylic acids is 3. The monoisotopic (exact) mass is 566 g/mol. The largest absolute Gasteiger partial charge is 0.490 e. The van der Waals surface area contributed by atoms with E-state index >= 15 is 0 Å². The van der Waals surface area contributed by atoms with Crippen molar-refractivity contribution in [3.05, 3.63) is 129 Å². The lowest BCUT2D eigenvalue weighted by Gasteiger charge is -2.11. The molecule has 0 aromatic heterocycles. The zero-order valence-electron chi connectivity index (χ0n) is 22.7. The molecule has 0 aliphatic rings. The Kier molecular flexibility index (Phi) is 9.36. The summed E-state index contributed by atoms with van der Waals surface area (Å²) in [6.45, 7) is 3.95. The van der Waals surface area contributed by atoms with Crippen LogP contribution in [0.3, 0.4) is 0 Å². The van der Waals surface area contributed by atoms with Crippen molar-refractivity contribution < 1.29 is 28.8 Å². The normalized spacial score (nSPS) is 10.6. The first-order chi connectivity index (χ1) is 20.2. The second-order valence-corrected chi connectivity index (χ2v) is 8.94. The SMILES string of the molecule is CCOc1cc(C=NNC(=O)c2cccc(NC(=O)c3cccc(C)c3)c2)ccc1OC(=O)c1ccc([N+](=O)[O-])cc1. The fourth-order valence-corrected chi connectivity index (χ4v) is 3.79. The van der Waals surface area contributed by atoms with Gasteiger partial charge in [-0.05, 0) is 80.1 Å². The summed E-state index contributed by atoms with van der Waals surface area (Å²) < 4.78 is 11.0. The molecule has 0 saturated carbocycles. The number of amides is 2. The number of nitro groups is 1. The topological polar surface area (TPSA) is 149 Å². The standard InChI is InChI=1S/C31H26N4O7/c1-3-41-28-17-21(10-15-27(28)42-31(38)22-11-13-26(14-12-22)35(39)40)19-32-34-30(37)24-8-5-9-25(18-24)33-29(36)23-7-4-6-20(2)16-23/h4-19H,3H2,1-2H3,(H,33,36)(H,34,37). The molecule has 0 bridgehead atoms. The van der Waals surface area contributed by atoms with Gasteiger partial charge in [-0.1, -0.05) is 23.8 Å². The number of ether oxygens (including phenoxy) is 2. The molecule has 4 rings (SSSR count). The van der Waals surface area contributed by atoms with Gasteiger partial charge >= 0.3 is 5.97 Å². The number of aryl methyl sites for hydroxylation is 1. The number of esters is 1. The summed E-state index contributed by atoms with van der Waals surface area (Å²) in [5, 5.41) is 17.6. The Labute approximate surface area is 240 Å². The first-order valence-corrected chi connectivity index (χ1v) is 12.8. The van der Waals surface area contributed by atoms with Crippen molar-refractivity contribution in [2.75, 3.05) is 11.9 Å². The highest BCUT2D eigenvalue weighted by Gasteiger charge is 2.15. The minimum Gasteiger partial charge on any atom is -0.490 e. The van der Waals surface area contributed by atoms with E-state index in [1.807, 2.05) is 13.0 Å². The van der Waals surface area contributed by atoms with E-state index in [1.165, 1.54) is 36.5 Å². The van der Waals surface area contributed by atoms with E-state index < -0.39 is 16.8 Å². The molecule has 0 radical (unpaired) electrons. The van der Waals surface area contributed by atoms with Gasteiger partial charge in [0.25, 0.3) is 17.5 Å². The van der Waals surface area contributed by atoms with Gasteiger partial charge < -0.3 is 14.8 Å². The molecule has 0 heterocycles. The minimum atomic E-state index is -0.711. The van der Waals surface area contributed by atoms with Crippen LogP contribution in [-0.4, -0.2) is 35.5 Å². The first-order valence-electron chi connectivity index (χ1n) is 12.8. The molecular formula is C31H26N4O7. The van der Waals surface area contributed by atoms with Crippen LogP contribution in [0.25, 0.3) is 0 Å². The van der Waals surface area contributed by atoms with Crippen molar-refractivity contribution in [1.82, 2.24) is 5.43 Å². The maximum Gasteiger partial charge on any atom is 0.343 e. The number of non-ortho nitro benzene ring substituents is 1. The number of hydrogen-bond acceptors (Lipinski definition) is 8. The smallest absolute Gasteiger partial charge is 0.343 e. The van der Waals surface area contributed by atoms with Crippen LogP contribution in [0.2, 0.25) is 0 Å². The zero-order valence-corrected chi connectivity index (χ0v) is 22.7. The Bertz CT molecular complexity index is 1670. The molecule has 11 heteroatoms. The van der Waals surface area contributed by atoms with E-state index in [1.54, 1.807) is 61.5 Å². The highest BCUT2D eigenvalue weighted by molar-refractivity contribution is 6.05. The lowest BCUT2D eigenvalue weighted by molar-refractivity contribution is -0.384. The highest BCUT2D eigenvalue weighted by atomic mass is 16.6. The summed E-state index contributed by atoms with van der Waals surface area (Å²) in [6, 6.07) is 23.4. The van der Waals surface area contributed by atoms with Crippen molar-refractivity contribution in [3.63, 3.8) is 0 Å². The van der Waals surface area contributed by atoms with E-state index in [9.17, 15) is 24.5 Å². The van der Waals surface area contributed by atoms with Crippen LogP contribution in [0.4, 0.5) is 11.4 Å². The molecule has 0 aliphatic carbocycles. The maximum atomic E-state index is 12.7. The van der Waals surface area contributed by atoms with Gasteiger partial charge in [0.2, 0.25) is 0 Å². The summed E-state index contributed by atoms with van der Waals surface area (Å²) in [5.41, 5.74) is 5.20. The lowest BCUT2D eigenvalue weighted by Crippen LogP contribution is -2.18. The molecule has 0 spiro atoms. The van der Waals surface area contributed by atoms with Gasteiger partial charge in [-0.25, -0.2) is 10.2 Å². The van der Waals surface area contributed by atoms with Crippen molar-refractivity contribution in [1.29, 1.82) is 0 Å². The first kappa shape index (κ1) is 29.2. The van der Waals surface area contributed by atoms with Gasteiger partial charge in [0.15, 0.2) is 11.5 Å². The third kappa shape index (κ3) is 7.63. The molecule has 0 atom stereocenters. The Morgan fingerprint density at radius 1 is 0.857 bits per heavy atom. The highest BCUT2D eigenvalue weighted by Crippen LogP contribution is 2.29. The third-order valence-electron chi connectivity index (χ3n) is 5.83. The molecule has 42 heavy (non-hydrogen) atoms. The Balaban J connectivity index is 1.39. The minimum absolute atomic E-state index is 0.134. The van der Waals surface area contributed by atoms with Gasteiger partial charge in [0.1, 0.15) is 0 Å². The molecule has 0 aliphatic heterocycles. The van der Waals surface area contributed by atoms with Crippen LogP contribution in [0.5, 0.6) is 11.5 Å². The Hall–Kier alpha value is -5.84. The van der Waals surface area contributed by atoms with E-state index in [2.05, 4.69) is 15.8 Å². The molecular weight excluding hydrogens is 540 g/mol. The van der Waals surface area contributed by atoms with Crippen molar-refractivity contribution in [2.45, 2.75) is 13.8 Å². The molecule has 0 fully saturated rings. The van der Waals surface area contributed by atoms with Gasteiger partial charge in [-0.15, -0.1) is 0 Å². The summed E-state index contributed by atoms with van der Waals surface area (Å²) in [4.78, 5) is 48.0. The number of rotatable bonds is 10. The number of nitrogens with one attached hydrogen (secondary N) is 2. The molecule has 4 aromatic carbocycles. The number of carbonyl (C=O) groups is 3. The average Bonchev–Trinajstić information content (AvgIpc) is 2.98.